The minimum atomic E-state index is -0.274. The lowest BCUT2D eigenvalue weighted by Crippen LogP contribution is -2.45. The Bertz CT molecular complexity index is 564. The molecule has 3 nitrogen and oxygen atoms in total. The summed E-state index contributed by atoms with van der Waals surface area (Å²) in [7, 11) is 0. The highest BCUT2D eigenvalue weighted by Gasteiger charge is 2.47. The number of hydrogen-bond donors (Lipinski definition) is 0. The van der Waals surface area contributed by atoms with Gasteiger partial charge in [0.2, 0.25) is 0 Å². The normalized spacial score (nSPS) is 29.6. The fraction of sp³-hybridized carbons (Fsp3) is 0.471. The van der Waals surface area contributed by atoms with E-state index in [0.29, 0.717) is 6.61 Å². The molecule has 1 aromatic carbocycles. The van der Waals surface area contributed by atoms with Crippen LogP contribution < -0.4 is 0 Å². The quantitative estimate of drug-likeness (QED) is 0.825. The molecule has 0 spiro atoms. The molecule has 0 amide bonds. The summed E-state index contributed by atoms with van der Waals surface area (Å²) in [6, 6.07) is 10.6. The van der Waals surface area contributed by atoms with Crippen molar-refractivity contribution in [3.05, 3.63) is 47.2 Å². The zero-order valence-electron chi connectivity index (χ0n) is 12.3. The molecule has 20 heavy (non-hydrogen) atoms. The van der Waals surface area contributed by atoms with E-state index >= 15 is 0 Å². The summed E-state index contributed by atoms with van der Waals surface area (Å²) in [4.78, 5) is 14.1. The Morgan fingerprint density at radius 1 is 1.35 bits per heavy atom. The van der Waals surface area contributed by atoms with E-state index in [1.54, 1.807) is 6.92 Å². The van der Waals surface area contributed by atoms with Gasteiger partial charge in [-0.2, -0.15) is 0 Å². The Morgan fingerprint density at radius 2 is 2.05 bits per heavy atom. The largest absolute Gasteiger partial charge is 0.353 e. The summed E-state index contributed by atoms with van der Waals surface area (Å²) in [6.45, 7) is 6.54. The van der Waals surface area contributed by atoms with Gasteiger partial charge in [0.15, 0.2) is 5.78 Å². The number of hydrogen-bond acceptors (Lipinski definition) is 3. The zero-order chi connectivity index (χ0) is 14.3. The molecule has 0 unspecified atom stereocenters. The van der Waals surface area contributed by atoms with Crippen LogP contribution in [0.4, 0.5) is 0 Å². The first-order chi connectivity index (χ1) is 9.53. The second kappa shape index (κ2) is 4.74. The van der Waals surface area contributed by atoms with Gasteiger partial charge < -0.3 is 9.64 Å². The molecule has 1 aromatic rings. The Hall–Kier alpha value is -1.61. The van der Waals surface area contributed by atoms with Crippen molar-refractivity contribution >= 4 is 5.78 Å². The molecular weight excluding hydrogens is 250 g/mol. The summed E-state index contributed by atoms with van der Waals surface area (Å²) in [5.41, 5.74) is 3.01. The lowest BCUT2D eigenvalue weighted by atomic mass is 9.91. The lowest BCUT2D eigenvalue weighted by molar-refractivity contribution is -0.115. The van der Waals surface area contributed by atoms with Gasteiger partial charge in [-0.15, -0.1) is 0 Å². The zero-order valence-corrected chi connectivity index (χ0v) is 12.3. The van der Waals surface area contributed by atoms with Gasteiger partial charge in [-0.1, -0.05) is 30.3 Å². The average Bonchev–Trinajstić information content (AvgIpc) is 2.78. The van der Waals surface area contributed by atoms with E-state index in [1.165, 1.54) is 5.56 Å². The minimum absolute atomic E-state index is 0.184. The smallest absolute Gasteiger partial charge is 0.157 e. The molecule has 0 N–H and O–H groups in total. The SMILES string of the molecule is CC(=O)C1=C(C)N2[C@@H](c3ccccc3)CO[C@]2(C)CC1. The number of carbonyl (C=O) groups is 1. The van der Waals surface area contributed by atoms with E-state index in [2.05, 4.69) is 43.0 Å². The van der Waals surface area contributed by atoms with Gasteiger partial charge in [-0.25, -0.2) is 0 Å². The van der Waals surface area contributed by atoms with Crippen LogP contribution in [-0.2, 0) is 9.53 Å². The van der Waals surface area contributed by atoms with E-state index in [0.717, 1.165) is 24.1 Å². The van der Waals surface area contributed by atoms with E-state index in [4.69, 9.17) is 4.74 Å². The standard InChI is InChI=1S/C17H21NO2/c1-12-15(13(2)19)9-10-17(3)18(12)16(11-20-17)14-7-5-4-6-8-14/h4-8,16H,9-11H2,1-3H3/t16-,17-/m1/s1. The van der Waals surface area contributed by atoms with Gasteiger partial charge in [0.25, 0.3) is 0 Å². The van der Waals surface area contributed by atoms with Crippen LogP contribution >= 0.6 is 0 Å². The number of fused-ring (bicyclic) bond motifs is 1. The van der Waals surface area contributed by atoms with Crippen LogP contribution in [0.2, 0.25) is 0 Å². The van der Waals surface area contributed by atoms with Crippen molar-refractivity contribution in [2.45, 2.75) is 45.4 Å². The maximum atomic E-state index is 11.8. The highest BCUT2D eigenvalue weighted by molar-refractivity contribution is 5.94. The van der Waals surface area contributed by atoms with Gasteiger partial charge in [0.05, 0.1) is 12.6 Å². The first-order valence-electron chi connectivity index (χ1n) is 7.22. The summed E-state index contributed by atoms with van der Waals surface area (Å²) < 4.78 is 6.09. The third-order valence-electron chi connectivity index (χ3n) is 4.62. The summed E-state index contributed by atoms with van der Waals surface area (Å²) in [6.07, 6.45) is 1.69. The van der Waals surface area contributed by atoms with Crippen molar-refractivity contribution in [2.24, 2.45) is 0 Å². The summed E-state index contributed by atoms with van der Waals surface area (Å²) >= 11 is 0. The van der Waals surface area contributed by atoms with Gasteiger partial charge in [-0.05, 0) is 39.2 Å². The molecule has 3 rings (SSSR count). The van der Waals surface area contributed by atoms with Crippen molar-refractivity contribution in [1.29, 1.82) is 0 Å². The van der Waals surface area contributed by atoms with E-state index < -0.39 is 0 Å². The van der Waals surface area contributed by atoms with Crippen LogP contribution in [0, 0.1) is 0 Å². The summed E-state index contributed by atoms with van der Waals surface area (Å²) in [5.74, 6) is 0.184. The second-order valence-corrected chi connectivity index (χ2v) is 5.90. The van der Waals surface area contributed by atoms with Crippen molar-refractivity contribution < 1.29 is 9.53 Å². The lowest BCUT2D eigenvalue weighted by Gasteiger charge is -2.43. The van der Waals surface area contributed by atoms with E-state index in [1.807, 2.05) is 6.07 Å². The number of Topliss-reactive ketones (excluding diaryl/α,β-unsaturated/α-hetero) is 1. The van der Waals surface area contributed by atoms with Crippen LogP contribution in [0.3, 0.4) is 0 Å². The van der Waals surface area contributed by atoms with Crippen LogP contribution in [-0.4, -0.2) is 23.0 Å². The minimum Gasteiger partial charge on any atom is -0.353 e. The third-order valence-corrected chi connectivity index (χ3v) is 4.62. The van der Waals surface area contributed by atoms with E-state index in [-0.39, 0.29) is 17.6 Å². The number of carbonyl (C=O) groups excluding carboxylic acids is 1. The maximum Gasteiger partial charge on any atom is 0.157 e. The molecule has 2 aliphatic heterocycles. The Morgan fingerprint density at radius 3 is 2.70 bits per heavy atom. The molecule has 0 bridgehead atoms. The van der Waals surface area contributed by atoms with Crippen LogP contribution in [0.25, 0.3) is 0 Å². The van der Waals surface area contributed by atoms with Gasteiger partial charge >= 0.3 is 0 Å². The first-order valence-corrected chi connectivity index (χ1v) is 7.22. The molecule has 0 saturated carbocycles. The molecule has 0 aromatic heterocycles. The second-order valence-electron chi connectivity index (χ2n) is 5.90. The molecule has 2 heterocycles. The average molecular weight is 271 g/mol. The van der Waals surface area contributed by atoms with Crippen molar-refractivity contribution in [3.8, 4) is 0 Å². The van der Waals surface area contributed by atoms with E-state index in [9.17, 15) is 4.79 Å². The van der Waals surface area contributed by atoms with Crippen LogP contribution in [0.5, 0.6) is 0 Å². The molecule has 1 saturated heterocycles. The monoisotopic (exact) mass is 271 g/mol. The number of allylic oxidation sites excluding steroid dienone is 2. The Labute approximate surface area is 120 Å². The molecule has 2 aliphatic rings. The Kier molecular flexibility index (Phi) is 3.17. The number of rotatable bonds is 2. The fourth-order valence-electron chi connectivity index (χ4n) is 3.55. The van der Waals surface area contributed by atoms with Crippen molar-refractivity contribution in [1.82, 2.24) is 4.90 Å². The predicted octanol–water partition coefficient (Wildman–Crippen LogP) is 3.43. The molecule has 106 valence electrons. The number of benzene rings is 1. The third kappa shape index (κ3) is 1.97. The van der Waals surface area contributed by atoms with Gasteiger partial charge in [0, 0.05) is 11.3 Å². The molecule has 0 radical (unpaired) electrons. The molecular formula is C17H21NO2. The topological polar surface area (TPSA) is 29.5 Å². The van der Waals surface area contributed by atoms with Crippen molar-refractivity contribution in [2.75, 3.05) is 6.61 Å². The molecule has 1 fully saturated rings. The van der Waals surface area contributed by atoms with Crippen LogP contribution in [0.15, 0.2) is 41.6 Å². The van der Waals surface area contributed by atoms with Gasteiger partial charge in [-0.3, -0.25) is 4.79 Å². The highest BCUT2D eigenvalue weighted by atomic mass is 16.5. The molecule has 2 atom stereocenters. The molecule has 3 heteroatoms. The fourth-order valence-corrected chi connectivity index (χ4v) is 3.55. The molecule has 0 aliphatic carbocycles. The first kappa shape index (κ1) is 13.4. The maximum absolute atomic E-state index is 11.8. The number of nitrogens with zero attached hydrogens (tertiary/aromatic N) is 1. The Balaban J connectivity index is 2.04. The highest BCUT2D eigenvalue weighted by Crippen LogP contribution is 2.46. The number of ether oxygens (including phenoxy) is 1. The van der Waals surface area contributed by atoms with Crippen LogP contribution in [0.1, 0.15) is 45.2 Å². The van der Waals surface area contributed by atoms with Gasteiger partial charge in [0.1, 0.15) is 5.72 Å². The number of ketones is 1. The predicted molar refractivity (Wildman–Crippen MR) is 78.0 cm³/mol. The van der Waals surface area contributed by atoms with Crippen molar-refractivity contribution in [3.63, 3.8) is 0 Å². The summed E-state index contributed by atoms with van der Waals surface area (Å²) in [5, 5.41) is 0.